The molecule has 8 nitrogen and oxygen atoms in total. The van der Waals surface area contributed by atoms with E-state index in [0.717, 1.165) is 24.2 Å². The van der Waals surface area contributed by atoms with E-state index < -0.39 is 4.92 Å². The van der Waals surface area contributed by atoms with E-state index in [1.165, 1.54) is 55.6 Å². The number of hydrogen-bond acceptors (Lipinski definition) is 5. The van der Waals surface area contributed by atoms with E-state index in [-0.39, 0.29) is 35.4 Å². The summed E-state index contributed by atoms with van der Waals surface area (Å²) in [5.74, 6) is 3.19. The molecule has 4 bridgehead atoms. The van der Waals surface area contributed by atoms with Crippen molar-refractivity contribution >= 4 is 11.6 Å². The Balaban J connectivity index is 1.26. The van der Waals surface area contributed by atoms with Gasteiger partial charge >= 0.3 is 5.69 Å². The van der Waals surface area contributed by atoms with Crippen LogP contribution in [0, 0.1) is 33.3 Å². The van der Waals surface area contributed by atoms with Crippen molar-refractivity contribution in [3.8, 4) is 0 Å². The predicted molar refractivity (Wildman–Crippen MR) is 109 cm³/mol. The predicted octanol–water partition coefficient (Wildman–Crippen LogP) is 4.16. The van der Waals surface area contributed by atoms with E-state index in [4.69, 9.17) is 4.42 Å². The molecule has 1 N–H and O–H groups in total. The molecule has 1 unspecified atom stereocenters. The van der Waals surface area contributed by atoms with Gasteiger partial charge in [-0.25, -0.2) is 0 Å². The first-order chi connectivity index (χ1) is 14.4. The Morgan fingerprint density at radius 1 is 1.30 bits per heavy atom. The lowest BCUT2D eigenvalue weighted by atomic mass is 9.47. The lowest BCUT2D eigenvalue weighted by molar-refractivity contribution is -0.385. The maximum atomic E-state index is 12.9. The number of carbonyl (C=O) groups excluding carboxylic acids is 1. The molecule has 0 spiro atoms. The van der Waals surface area contributed by atoms with Crippen LogP contribution in [-0.2, 0) is 6.54 Å². The molecule has 2 aromatic rings. The van der Waals surface area contributed by atoms with E-state index in [9.17, 15) is 14.9 Å². The average molecular weight is 412 g/mol. The number of nitrogens with one attached hydrogen (secondary N) is 1. The van der Waals surface area contributed by atoms with Gasteiger partial charge in [-0.15, -0.1) is 0 Å². The van der Waals surface area contributed by atoms with Crippen molar-refractivity contribution in [2.24, 2.45) is 23.2 Å². The van der Waals surface area contributed by atoms with Crippen molar-refractivity contribution in [2.45, 2.75) is 64.5 Å². The fourth-order valence-corrected chi connectivity index (χ4v) is 6.80. The summed E-state index contributed by atoms with van der Waals surface area (Å²) >= 11 is 0. The van der Waals surface area contributed by atoms with Gasteiger partial charge in [-0.2, -0.15) is 5.10 Å². The monoisotopic (exact) mass is 412 g/mol. The first kappa shape index (κ1) is 19.3. The van der Waals surface area contributed by atoms with Gasteiger partial charge in [0.15, 0.2) is 5.76 Å². The van der Waals surface area contributed by atoms with Gasteiger partial charge in [-0.1, -0.05) is 6.92 Å². The highest BCUT2D eigenvalue weighted by atomic mass is 16.6. The molecule has 8 heteroatoms. The van der Waals surface area contributed by atoms with Gasteiger partial charge in [0.1, 0.15) is 18.2 Å². The number of aromatic nitrogens is 2. The highest BCUT2D eigenvalue weighted by Crippen LogP contribution is 2.61. The van der Waals surface area contributed by atoms with Gasteiger partial charge in [0.25, 0.3) is 5.91 Å². The quantitative estimate of drug-likeness (QED) is 0.543. The third-order valence-electron chi connectivity index (χ3n) is 7.57. The second-order valence-electron chi connectivity index (χ2n) is 9.63. The molecule has 160 valence electrons. The van der Waals surface area contributed by atoms with Crippen molar-refractivity contribution in [3.05, 3.63) is 46.2 Å². The van der Waals surface area contributed by atoms with E-state index in [2.05, 4.69) is 17.3 Å². The average Bonchev–Trinajstić information content (AvgIpc) is 3.35. The number of amides is 1. The molecule has 0 aromatic carbocycles. The highest BCUT2D eigenvalue weighted by molar-refractivity contribution is 5.91. The summed E-state index contributed by atoms with van der Waals surface area (Å²) in [6.07, 6.45) is 11.4. The van der Waals surface area contributed by atoms with Crippen LogP contribution >= 0.6 is 0 Å². The molecule has 4 fully saturated rings. The maximum absolute atomic E-state index is 12.9. The summed E-state index contributed by atoms with van der Waals surface area (Å²) in [6.45, 7) is 2.41. The summed E-state index contributed by atoms with van der Waals surface area (Å²) < 4.78 is 7.17. The number of rotatable bonds is 7. The lowest BCUT2D eigenvalue weighted by Gasteiger charge is -2.59. The fourth-order valence-electron chi connectivity index (χ4n) is 6.80. The Kier molecular flexibility index (Phi) is 4.67. The van der Waals surface area contributed by atoms with Gasteiger partial charge in [0.05, 0.1) is 11.5 Å². The van der Waals surface area contributed by atoms with Crippen LogP contribution in [0.25, 0.3) is 0 Å². The molecule has 0 radical (unpaired) electrons. The molecule has 4 aliphatic rings. The molecule has 4 saturated carbocycles. The van der Waals surface area contributed by atoms with E-state index in [1.54, 1.807) is 12.1 Å². The summed E-state index contributed by atoms with van der Waals surface area (Å²) in [6, 6.07) is 3.59. The van der Waals surface area contributed by atoms with Gasteiger partial charge < -0.3 is 9.73 Å². The molecule has 0 aliphatic heterocycles. The maximum Gasteiger partial charge on any atom is 0.307 e. The Morgan fingerprint density at radius 3 is 2.53 bits per heavy atom. The molecule has 1 atom stereocenters. The standard InChI is InChI=1S/C22H28N4O4/c1-2-20(22-8-14-5-15(9-22)7-16(6-14)10-22)24-21(27)19-4-3-18(30-19)13-25-12-17(11-23-25)26(28)29/h3-4,11-12,14-16,20H,2,5-10,13H2,1H3,(H,24,27). The van der Waals surface area contributed by atoms with Crippen LogP contribution < -0.4 is 5.32 Å². The van der Waals surface area contributed by atoms with Gasteiger partial charge in [0.2, 0.25) is 0 Å². The molecule has 1 amide bonds. The SMILES string of the molecule is CCC(NC(=O)c1ccc(Cn2cc([N+](=O)[O-])cn2)o1)C12CC3CC(CC(C3)C1)C2. The van der Waals surface area contributed by atoms with E-state index in [0.29, 0.717) is 5.76 Å². The topological polar surface area (TPSA) is 103 Å². The third-order valence-corrected chi connectivity index (χ3v) is 7.57. The molecule has 30 heavy (non-hydrogen) atoms. The first-order valence-electron chi connectivity index (χ1n) is 11.0. The van der Waals surface area contributed by atoms with E-state index >= 15 is 0 Å². The van der Waals surface area contributed by atoms with Crippen molar-refractivity contribution in [1.29, 1.82) is 0 Å². The highest BCUT2D eigenvalue weighted by Gasteiger charge is 2.54. The molecular formula is C22H28N4O4. The second-order valence-corrected chi connectivity index (χ2v) is 9.63. The number of furan rings is 1. The summed E-state index contributed by atoms with van der Waals surface area (Å²) in [4.78, 5) is 23.3. The number of nitrogens with zero attached hydrogens (tertiary/aromatic N) is 3. The van der Waals surface area contributed by atoms with E-state index in [1.807, 2.05) is 0 Å². The summed E-state index contributed by atoms with van der Waals surface area (Å²) in [5, 5.41) is 18.1. The Hall–Kier alpha value is -2.64. The van der Waals surface area contributed by atoms with Crippen LogP contribution in [-0.4, -0.2) is 26.7 Å². The summed E-state index contributed by atoms with van der Waals surface area (Å²) in [7, 11) is 0. The van der Waals surface area contributed by atoms with Crippen molar-refractivity contribution in [2.75, 3.05) is 0 Å². The van der Waals surface area contributed by atoms with Crippen LogP contribution in [0.3, 0.4) is 0 Å². The second kappa shape index (κ2) is 7.25. The molecule has 2 heterocycles. The number of carbonyl (C=O) groups is 1. The minimum Gasteiger partial charge on any atom is -0.454 e. The molecule has 0 saturated heterocycles. The van der Waals surface area contributed by atoms with Crippen LogP contribution in [0.5, 0.6) is 0 Å². The normalized spacial score (nSPS) is 30.4. The number of nitro groups is 1. The van der Waals surface area contributed by atoms with Crippen molar-refractivity contribution in [3.63, 3.8) is 0 Å². The van der Waals surface area contributed by atoms with Crippen molar-refractivity contribution in [1.82, 2.24) is 15.1 Å². The molecule has 2 aromatic heterocycles. The zero-order chi connectivity index (χ0) is 20.9. The Morgan fingerprint density at radius 2 is 1.97 bits per heavy atom. The largest absolute Gasteiger partial charge is 0.454 e. The van der Waals surface area contributed by atoms with Crippen LogP contribution in [0.15, 0.2) is 28.9 Å². The molecule has 4 aliphatic carbocycles. The van der Waals surface area contributed by atoms with Crippen LogP contribution in [0.4, 0.5) is 5.69 Å². The van der Waals surface area contributed by atoms with Gasteiger partial charge in [0, 0.05) is 6.04 Å². The Labute approximate surface area is 175 Å². The fraction of sp³-hybridized carbons (Fsp3) is 0.636. The summed E-state index contributed by atoms with van der Waals surface area (Å²) in [5.41, 5.74) is 0.184. The minimum absolute atomic E-state index is 0.0686. The number of hydrogen-bond donors (Lipinski definition) is 1. The molecular weight excluding hydrogens is 384 g/mol. The first-order valence-corrected chi connectivity index (χ1v) is 11.0. The minimum atomic E-state index is -0.486. The Bertz CT molecular complexity index is 927. The zero-order valence-corrected chi connectivity index (χ0v) is 17.3. The van der Waals surface area contributed by atoms with Crippen LogP contribution in [0.1, 0.15) is 68.2 Å². The zero-order valence-electron chi connectivity index (χ0n) is 17.3. The smallest absolute Gasteiger partial charge is 0.307 e. The lowest BCUT2D eigenvalue weighted by Crippen LogP contribution is -2.56. The van der Waals surface area contributed by atoms with Gasteiger partial charge in [-0.3, -0.25) is 19.6 Å². The third kappa shape index (κ3) is 3.42. The molecule has 6 rings (SSSR count). The van der Waals surface area contributed by atoms with Crippen LogP contribution in [0.2, 0.25) is 0 Å². The van der Waals surface area contributed by atoms with Crippen molar-refractivity contribution < 1.29 is 14.1 Å². The van der Waals surface area contributed by atoms with Gasteiger partial charge in [-0.05, 0) is 80.2 Å².